The molecule has 4 nitrogen and oxygen atoms in total. The Morgan fingerprint density at radius 1 is 1.56 bits per heavy atom. The molecule has 18 heavy (non-hydrogen) atoms. The van der Waals surface area contributed by atoms with Gasteiger partial charge in [-0.25, -0.2) is 4.79 Å². The molecule has 0 aromatic carbocycles. The second-order valence-corrected chi connectivity index (χ2v) is 4.83. The maximum Gasteiger partial charge on any atom is 0.337 e. The maximum absolute atomic E-state index is 11.2. The highest BCUT2D eigenvalue weighted by molar-refractivity contribution is 5.88. The number of aromatic nitrogens is 1. The minimum atomic E-state index is -0.886. The molecule has 0 saturated carbocycles. The molecular weight excluding hydrogens is 228 g/mol. The van der Waals surface area contributed by atoms with Crippen molar-refractivity contribution in [2.45, 2.75) is 45.2 Å². The van der Waals surface area contributed by atoms with Gasteiger partial charge >= 0.3 is 5.97 Å². The molecule has 0 aliphatic carbocycles. The van der Waals surface area contributed by atoms with Gasteiger partial charge in [0.05, 0.1) is 11.3 Å². The molecule has 1 N–H and O–H groups in total. The zero-order valence-corrected chi connectivity index (χ0v) is 10.8. The van der Waals surface area contributed by atoms with Crippen LogP contribution in [-0.4, -0.2) is 33.5 Å². The van der Waals surface area contributed by atoms with Crippen molar-refractivity contribution in [1.82, 2.24) is 9.88 Å². The molecule has 98 valence electrons. The highest BCUT2D eigenvalue weighted by Gasteiger charge is 2.22. The molecule has 1 fully saturated rings. The van der Waals surface area contributed by atoms with Crippen LogP contribution in [0.4, 0.5) is 0 Å². The van der Waals surface area contributed by atoms with Crippen molar-refractivity contribution in [3.8, 4) is 0 Å². The van der Waals surface area contributed by atoms with E-state index < -0.39 is 5.97 Å². The molecular formula is C14H20N2O2. The van der Waals surface area contributed by atoms with Crippen molar-refractivity contribution in [2.24, 2.45) is 0 Å². The Labute approximate surface area is 108 Å². The van der Waals surface area contributed by atoms with Gasteiger partial charge in [0.2, 0.25) is 0 Å². The van der Waals surface area contributed by atoms with Gasteiger partial charge in [-0.2, -0.15) is 0 Å². The van der Waals surface area contributed by atoms with E-state index in [1.807, 2.05) is 0 Å². The first kappa shape index (κ1) is 13.0. The number of carboxylic acids is 1. The van der Waals surface area contributed by atoms with Gasteiger partial charge < -0.3 is 5.11 Å². The average Bonchev–Trinajstić information content (AvgIpc) is 2.40. The van der Waals surface area contributed by atoms with Gasteiger partial charge in [0, 0.05) is 18.8 Å². The fraction of sp³-hybridized carbons (Fsp3) is 0.571. The monoisotopic (exact) mass is 248 g/mol. The summed E-state index contributed by atoms with van der Waals surface area (Å²) >= 11 is 0. The Morgan fingerprint density at radius 2 is 2.39 bits per heavy atom. The number of likely N-dealkylation sites (tertiary alicyclic amines) is 1. The summed E-state index contributed by atoms with van der Waals surface area (Å²) in [7, 11) is 0. The van der Waals surface area contributed by atoms with Crippen molar-refractivity contribution in [2.75, 3.05) is 6.54 Å². The van der Waals surface area contributed by atoms with Crippen LogP contribution in [0.1, 0.15) is 48.7 Å². The van der Waals surface area contributed by atoms with Gasteiger partial charge in [-0.1, -0.05) is 13.3 Å². The summed E-state index contributed by atoms with van der Waals surface area (Å²) in [6.45, 7) is 3.90. The van der Waals surface area contributed by atoms with E-state index in [1.54, 1.807) is 18.3 Å². The first-order chi connectivity index (χ1) is 8.72. The average molecular weight is 248 g/mol. The van der Waals surface area contributed by atoms with Gasteiger partial charge in [-0.05, 0) is 37.9 Å². The van der Waals surface area contributed by atoms with Crippen LogP contribution in [0.3, 0.4) is 0 Å². The van der Waals surface area contributed by atoms with Gasteiger partial charge in [-0.3, -0.25) is 9.88 Å². The molecule has 4 heteroatoms. The second-order valence-electron chi connectivity index (χ2n) is 4.83. The zero-order chi connectivity index (χ0) is 13.0. The van der Waals surface area contributed by atoms with Crippen LogP contribution in [0.25, 0.3) is 0 Å². The lowest BCUT2D eigenvalue weighted by Crippen LogP contribution is -2.39. The maximum atomic E-state index is 11.2. The van der Waals surface area contributed by atoms with E-state index in [0.29, 0.717) is 23.8 Å². The van der Waals surface area contributed by atoms with E-state index in [2.05, 4.69) is 16.8 Å². The molecule has 0 amide bonds. The number of hydrogen-bond acceptors (Lipinski definition) is 3. The number of pyridine rings is 1. The van der Waals surface area contributed by atoms with E-state index in [4.69, 9.17) is 5.11 Å². The predicted molar refractivity (Wildman–Crippen MR) is 69.5 cm³/mol. The third-order valence-corrected chi connectivity index (χ3v) is 3.69. The van der Waals surface area contributed by atoms with E-state index in [1.165, 1.54) is 19.3 Å². The number of rotatable bonds is 4. The summed E-state index contributed by atoms with van der Waals surface area (Å²) in [5.41, 5.74) is 1.02. The molecule has 0 bridgehead atoms. The topological polar surface area (TPSA) is 53.4 Å². The van der Waals surface area contributed by atoms with Crippen molar-refractivity contribution in [3.05, 3.63) is 29.6 Å². The first-order valence-corrected chi connectivity index (χ1v) is 6.63. The molecule has 1 aliphatic rings. The Hall–Kier alpha value is -1.42. The molecule has 1 unspecified atom stereocenters. The normalized spacial score (nSPS) is 20.8. The summed E-state index contributed by atoms with van der Waals surface area (Å²) < 4.78 is 0. The van der Waals surface area contributed by atoms with Crippen LogP contribution in [0.5, 0.6) is 0 Å². The SMILES string of the molecule is CCC1CCCCN1Cc1ncccc1C(=O)O. The molecule has 0 spiro atoms. The van der Waals surface area contributed by atoms with Crippen molar-refractivity contribution in [1.29, 1.82) is 0 Å². The highest BCUT2D eigenvalue weighted by atomic mass is 16.4. The summed E-state index contributed by atoms with van der Waals surface area (Å²) in [5.74, 6) is -0.886. The van der Waals surface area contributed by atoms with Crippen LogP contribution in [0, 0.1) is 0 Å². The van der Waals surface area contributed by atoms with E-state index >= 15 is 0 Å². The van der Waals surface area contributed by atoms with Crippen LogP contribution >= 0.6 is 0 Å². The van der Waals surface area contributed by atoms with Gasteiger partial charge in [0.25, 0.3) is 0 Å². The molecule has 1 aromatic rings. The lowest BCUT2D eigenvalue weighted by molar-refractivity contribution is 0.0691. The molecule has 2 rings (SSSR count). The van der Waals surface area contributed by atoms with E-state index in [-0.39, 0.29) is 0 Å². The lowest BCUT2D eigenvalue weighted by atomic mass is 9.99. The second kappa shape index (κ2) is 5.96. The van der Waals surface area contributed by atoms with E-state index in [0.717, 1.165) is 13.0 Å². The Morgan fingerprint density at radius 3 is 3.11 bits per heavy atom. The first-order valence-electron chi connectivity index (χ1n) is 6.63. The number of aromatic carboxylic acids is 1. The van der Waals surface area contributed by atoms with Gasteiger partial charge in [0.15, 0.2) is 0 Å². The largest absolute Gasteiger partial charge is 0.478 e. The summed E-state index contributed by atoms with van der Waals surface area (Å²) in [6.07, 6.45) is 6.49. The predicted octanol–water partition coefficient (Wildman–Crippen LogP) is 2.54. The van der Waals surface area contributed by atoms with Crippen LogP contribution in [-0.2, 0) is 6.54 Å². The van der Waals surface area contributed by atoms with Gasteiger partial charge in [0.1, 0.15) is 0 Å². The van der Waals surface area contributed by atoms with Crippen LogP contribution < -0.4 is 0 Å². The van der Waals surface area contributed by atoms with Crippen molar-refractivity contribution < 1.29 is 9.90 Å². The van der Waals surface area contributed by atoms with Gasteiger partial charge in [-0.15, -0.1) is 0 Å². The van der Waals surface area contributed by atoms with Crippen LogP contribution in [0.2, 0.25) is 0 Å². The standard InChI is InChI=1S/C14H20N2O2/c1-2-11-6-3-4-9-16(11)10-13-12(14(17)18)7-5-8-15-13/h5,7-8,11H,2-4,6,9-10H2,1H3,(H,17,18). The van der Waals surface area contributed by atoms with Crippen LogP contribution in [0.15, 0.2) is 18.3 Å². The molecule has 1 aliphatic heterocycles. The lowest BCUT2D eigenvalue weighted by Gasteiger charge is -2.35. The van der Waals surface area contributed by atoms with E-state index in [9.17, 15) is 4.79 Å². The molecule has 1 saturated heterocycles. The summed E-state index contributed by atoms with van der Waals surface area (Å²) in [5, 5.41) is 9.16. The minimum Gasteiger partial charge on any atom is -0.478 e. The smallest absolute Gasteiger partial charge is 0.337 e. The Kier molecular flexibility index (Phi) is 4.31. The zero-order valence-electron chi connectivity index (χ0n) is 10.8. The van der Waals surface area contributed by atoms with Crippen molar-refractivity contribution >= 4 is 5.97 Å². The third kappa shape index (κ3) is 2.88. The molecule has 1 aromatic heterocycles. The highest BCUT2D eigenvalue weighted by Crippen LogP contribution is 2.22. The Bertz CT molecular complexity index is 420. The molecule has 2 heterocycles. The number of carbonyl (C=O) groups is 1. The summed E-state index contributed by atoms with van der Waals surface area (Å²) in [4.78, 5) is 17.8. The molecule has 0 radical (unpaired) electrons. The third-order valence-electron chi connectivity index (χ3n) is 3.69. The Balaban J connectivity index is 2.15. The minimum absolute atomic E-state index is 0.331. The molecule has 1 atom stereocenters. The number of piperidine rings is 1. The number of hydrogen-bond donors (Lipinski definition) is 1. The van der Waals surface area contributed by atoms with Crippen molar-refractivity contribution in [3.63, 3.8) is 0 Å². The quantitative estimate of drug-likeness (QED) is 0.889. The summed E-state index contributed by atoms with van der Waals surface area (Å²) in [6, 6.07) is 3.89. The number of carboxylic acid groups (broad SMARTS) is 1. The fourth-order valence-corrected chi connectivity index (χ4v) is 2.68. The fourth-order valence-electron chi connectivity index (χ4n) is 2.68. The number of nitrogens with zero attached hydrogens (tertiary/aromatic N) is 2.